The Bertz CT molecular complexity index is 384. The van der Waals surface area contributed by atoms with E-state index in [9.17, 15) is 5.11 Å². The summed E-state index contributed by atoms with van der Waals surface area (Å²) in [7, 11) is 0. The summed E-state index contributed by atoms with van der Waals surface area (Å²) < 4.78 is 0. The molecule has 2 heteroatoms. The lowest BCUT2D eigenvalue weighted by Crippen LogP contribution is -2.41. The van der Waals surface area contributed by atoms with Crippen molar-refractivity contribution in [2.24, 2.45) is 5.73 Å². The van der Waals surface area contributed by atoms with Gasteiger partial charge in [-0.1, -0.05) is 37.6 Å². The van der Waals surface area contributed by atoms with Crippen LogP contribution in [0.5, 0.6) is 0 Å². The van der Waals surface area contributed by atoms with Gasteiger partial charge in [0, 0.05) is 6.04 Å². The van der Waals surface area contributed by atoms with Crippen LogP contribution in [0.25, 0.3) is 0 Å². The normalized spacial score (nSPS) is 28.6. The van der Waals surface area contributed by atoms with Crippen LogP contribution in [0.2, 0.25) is 0 Å². The van der Waals surface area contributed by atoms with Gasteiger partial charge in [-0.15, -0.1) is 0 Å². The molecule has 2 atom stereocenters. The summed E-state index contributed by atoms with van der Waals surface area (Å²) >= 11 is 0. The van der Waals surface area contributed by atoms with Gasteiger partial charge in [0.2, 0.25) is 0 Å². The van der Waals surface area contributed by atoms with Gasteiger partial charge in [-0.25, -0.2) is 0 Å². The Kier molecular flexibility index (Phi) is 2.36. The smallest absolute Gasteiger partial charge is 0.0944 e. The van der Waals surface area contributed by atoms with E-state index < -0.39 is 6.10 Å². The highest BCUT2D eigenvalue weighted by molar-refractivity contribution is 5.41. The number of aryl methyl sites for hydroxylation is 1. The topological polar surface area (TPSA) is 46.2 Å². The molecule has 15 heavy (non-hydrogen) atoms. The van der Waals surface area contributed by atoms with Gasteiger partial charge in [0.1, 0.15) is 0 Å². The molecule has 0 aromatic heterocycles. The summed E-state index contributed by atoms with van der Waals surface area (Å²) in [5.74, 6) is 0. The third kappa shape index (κ3) is 1.68. The monoisotopic (exact) mass is 205 g/mol. The fraction of sp³-hybridized carbons (Fsp3) is 0.538. The minimum absolute atomic E-state index is 0.0711. The largest absolute Gasteiger partial charge is 0.387 e. The number of nitrogens with two attached hydrogens (primary N) is 1. The predicted octanol–water partition coefficient (Wildman–Crippen LogP) is 2.04. The molecule has 1 aromatic rings. The Balaban J connectivity index is 2.59. The molecular weight excluding hydrogens is 186 g/mol. The Morgan fingerprint density at radius 2 is 2.07 bits per heavy atom. The number of aliphatic hydroxyl groups excluding tert-OH is 1. The van der Waals surface area contributed by atoms with Crippen LogP contribution in [0.1, 0.15) is 43.1 Å². The molecule has 1 aromatic carbocycles. The molecule has 2 unspecified atom stereocenters. The molecule has 0 saturated heterocycles. The van der Waals surface area contributed by atoms with E-state index in [1.165, 1.54) is 11.1 Å². The molecule has 0 saturated carbocycles. The first-order chi connectivity index (χ1) is 6.92. The Morgan fingerprint density at radius 3 is 2.73 bits per heavy atom. The summed E-state index contributed by atoms with van der Waals surface area (Å²) in [5.41, 5.74) is 9.47. The molecule has 1 aliphatic rings. The van der Waals surface area contributed by atoms with Crippen LogP contribution in [0.3, 0.4) is 0 Å². The Hall–Kier alpha value is -0.860. The van der Waals surface area contributed by atoms with Crippen LogP contribution >= 0.6 is 0 Å². The standard InChI is InChI=1S/C13H19NO/c1-8-4-5-10-9(6-8)12(15)11(14)7-13(10,2)3/h4-6,11-12,15H,7,14H2,1-3H3. The van der Waals surface area contributed by atoms with E-state index in [2.05, 4.69) is 32.0 Å². The third-order valence-corrected chi connectivity index (χ3v) is 3.41. The third-order valence-electron chi connectivity index (χ3n) is 3.41. The van der Waals surface area contributed by atoms with Crippen LogP contribution in [-0.2, 0) is 5.41 Å². The van der Waals surface area contributed by atoms with Gasteiger partial charge < -0.3 is 10.8 Å². The molecule has 82 valence electrons. The van der Waals surface area contributed by atoms with E-state index in [0.717, 1.165) is 12.0 Å². The van der Waals surface area contributed by atoms with Crippen LogP contribution in [0.4, 0.5) is 0 Å². The maximum absolute atomic E-state index is 10.1. The minimum atomic E-state index is -0.507. The first-order valence-electron chi connectivity index (χ1n) is 5.46. The SMILES string of the molecule is Cc1ccc2c(c1)C(O)C(N)CC2(C)C. The fourth-order valence-electron chi connectivity index (χ4n) is 2.58. The maximum atomic E-state index is 10.1. The highest BCUT2D eigenvalue weighted by Gasteiger charge is 2.36. The Morgan fingerprint density at radius 1 is 1.40 bits per heavy atom. The summed E-state index contributed by atoms with van der Waals surface area (Å²) in [6.45, 7) is 6.42. The minimum Gasteiger partial charge on any atom is -0.387 e. The van der Waals surface area contributed by atoms with Crippen molar-refractivity contribution in [3.8, 4) is 0 Å². The maximum Gasteiger partial charge on any atom is 0.0944 e. The van der Waals surface area contributed by atoms with Crippen molar-refractivity contribution in [3.05, 3.63) is 34.9 Å². The van der Waals surface area contributed by atoms with Crippen molar-refractivity contribution in [1.29, 1.82) is 0 Å². The van der Waals surface area contributed by atoms with Gasteiger partial charge in [-0.2, -0.15) is 0 Å². The van der Waals surface area contributed by atoms with E-state index in [0.29, 0.717) is 0 Å². The molecular formula is C13H19NO. The molecule has 0 radical (unpaired) electrons. The van der Waals surface area contributed by atoms with Gasteiger partial charge in [0.15, 0.2) is 0 Å². The zero-order chi connectivity index (χ0) is 11.2. The summed E-state index contributed by atoms with van der Waals surface area (Å²) in [4.78, 5) is 0. The van der Waals surface area contributed by atoms with E-state index in [1.807, 2.05) is 6.92 Å². The highest BCUT2D eigenvalue weighted by atomic mass is 16.3. The number of aliphatic hydroxyl groups is 1. The van der Waals surface area contributed by atoms with Gasteiger partial charge in [-0.05, 0) is 29.9 Å². The second kappa shape index (κ2) is 3.32. The van der Waals surface area contributed by atoms with Crippen molar-refractivity contribution >= 4 is 0 Å². The fourth-order valence-corrected chi connectivity index (χ4v) is 2.58. The molecule has 0 aliphatic heterocycles. The molecule has 0 heterocycles. The summed E-state index contributed by atoms with van der Waals surface area (Å²) in [6.07, 6.45) is 0.331. The first kappa shape index (κ1) is 10.7. The van der Waals surface area contributed by atoms with Gasteiger partial charge >= 0.3 is 0 Å². The van der Waals surface area contributed by atoms with Crippen LogP contribution in [0, 0.1) is 6.92 Å². The molecule has 0 amide bonds. The molecule has 3 N–H and O–H groups in total. The highest BCUT2D eigenvalue weighted by Crippen LogP contribution is 2.41. The van der Waals surface area contributed by atoms with Gasteiger partial charge in [0.05, 0.1) is 6.10 Å². The first-order valence-corrected chi connectivity index (χ1v) is 5.46. The predicted molar refractivity (Wildman–Crippen MR) is 61.8 cm³/mol. The zero-order valence-electron chi connectivity index (χ0n) is 9.62. The van der Waals surface area contributed by atoms with Crippen molar-refractivity contribution in [2.45, 2.75) is 44.8 Å². The molecule has 2 nitrogen and oxygen atoms in total. The summed E-state index contributed by atoms with van der Waals surface area (Å²) in [5, 5.41) is 10.1. The Labute approximate surface area is 91.1 Å². The van der Waals surface area contributed by atoms with E-state index in [1.54, 1.807) is 0 Å². The van der Waals surface area contributed by atoms with E-state index in [4.69, 9.17) is 5.73 Å². The van der Waals surface area contributed by atoms with Crippen LogP contribution < -0.4 is 5.73 Å². The second-order valence-electron chi connectivity index (χ2n) is 5.29. The number of rotatable bonds is 0. The molecule has 0 bridgehead atoms. The van der Waals surface area contributed by atoms with Crippen LogP contribution in [0.15, 0.2) is 18.2 Å². The lowest BCUT2D eigenvalue weighted by molar-refractivity contribution is 0.116. The molecule has 0 fully saturated rings. The lowest BCUT2D eigenvalue weighted by atomic mass is 9.69. The number of benzene rings is 1. The zero-order valence-corrected chi connectivity index (χ0v) is 9.62. The van der Waals surface area contributed by atoms with Crippen LogP contribution in [-0.4, -0.2) is 11.1 Å². The molecule has 1 aliphatic carbocycles. The molecule has 0 spiro atoms. The van der Waals surface area contributed by atoms with Gasteiger partial charge in [0.25, 0.3) is 0 Å². The van der Waals surface area contributed by atoms with Crippen molar-refractivity contribution in [3.63, 3.8) is 0 Å². The second-order valence-corrected chi connectivity index (χ2v) is 5.29. The average Bonchev–Trinajstić information content (AvgIpc) is 2.13. The number of hydrogen-bond donors (Lipinski definition) is 2. The van der Waals surface area contributed by atoms with Gasteiger partial charge in [-0.3, -0.25) is 0 Å². The quantitative estimate of drug-likeness (QED) is 0.681. The van der Waals surface area contributed by atoms with Crippen molar-refractivity contribution < 1.29 is 5.11 Å². The van der Waals surface area contributed by atoms with E-state index in [-0.39, 0.29) is 11.5 Å². The van der Waals surface area contributed by atoms with E-state index >= 15 is 0 Å². The summed E-state index contributed by atoms with van der Waals surface area (Å²) in [6, 6.07) is 6.14. The number of hydrogen-bond acceptors (Lipinski definition) is 2. The lowest BCUT2D eigenvalue weighted by Gasteiger charge is -2.39. The van der Waals surface area contributed by atoms with Crippen molar-refractivity contribution in [2.75, 3.05) is 0 Å². The average molecular weight is 205 g/mol. The molecule has 2 rings (SSSR count). The number of fused-ring (bicyclic) bond motifs is 1. The van der Waals surface area contributed by atoms with Crippen molar-refractivity contribution in [1.82, 2.24) is 0 Å².